The van der Waals surface area contributed by atoms with Gasteiger partial charge < -0.3 is 19.4 Å². The SMILES string of the molecule is CC(C)(C)OC(=O)N1CCC(CC(=O)N2CCN(C(=O)C(C)(C)c3ccccc3)CC2)CC1. The van der Waals surface area contributed by atoms with E-state index in [0.29, 0.717) is 45.7 Å². The number of carbonyl (C=O) groups excluding carboxylic acids is 3. The number of benzene rings is 1. The number of nitrogens with zero attached hydrogens (tertiary/aromatic N) is 3. The summed E-state index contributed by atoms with van der Waals surface area (Å²) in [5.41, 5.74) is -0.0783. The second-order valence-corrected chi connectivity index (χ2v) is 10.8. The molecule has 0 saturated carbocycles. The summed E-state index contributed by atoms with van der Waals surface area (Å²) in [5.74, 6) is 0.545. The van der Waals surface area contributed by atoms with Gasteiger partial charge in [-0.25, -0.2) is 4.79 Å². The molecule has 182 valence electrons. The molecule has 0 bridgehead atoms. The largest absolute Gasteiger partial charge is 0.444 e. The molecule has 2 aliphatic rings. The molecular formula is C26H39N3O4. The van der Waals surface area contributed by atoms with Crippen molar-refractivity contribution >= 4 is 17.9 Å². The molecule has 0 aliphatic carbocycles. The van der Waals surface area contributed by atoms with E-state index in [4.69, 9.17) is 4.74 Å². The molecule has 33 heavy (non-hydrogen) atoms. The van der Waals surface area contributed by atoms with Gasteiger partial charge in [-0.15, -0.1) is 0 Å². The van der Waals surface area contributed by atoms with E-state index in [-0.39, 0.29) is 23.8 Å². The molecule has 7 nitrogen and oxygen atoms in total. The van der Waals surface area contributed by atoms with Gasteiger partial charge >= 0.3 is 6.09 Å². The van der Waals surface area contributed by atoms with Crippen molar-refractivity contribution in [3.63, 3.8) is 0 Å². The van der Waals surface area contributed by atoms with E-state index in [1.54, 1.807) is 4.90 Å². The van der Waals surface area contributed by atoms with E-state index in [0.717, 1.165) is 18.4 Å². The molecule has 7 heteroatoms. The van der Waals surface area contributed by atoms with E-state index in [1.807, 2.05) is 74.8 Å². The molecule has 2 saturated heterocycles. The fourth-order valence-electron chi connectivity index (χ4n) is 4.55. The topological polar surface area (TPSA) is 70.2 Å². The number of rotatable bonds is 4. The normalized spacial score (nSPS) is 18.3. The fraction of sp³-hybridized carbons (Fsp3) is 0.654. The van der Waals surface area contributed by atoms with Crippen LogP contribution in [0.2, 0.25) is 0 Å². The zero-order valence-electron chi connectivity index (χ0n) is 20.8. The minimum Gasteiger partial charge on any atom is -0.444 e. The van der Waals surface area contributed by atoms with Gasteiger partial charge in [0.25, 0.3) is 0 Å². The summed E-state index contributed by atoms with van der Waals surface area (Å²) in [6.45, 7) is 13.1. The molecule has 2 fully saturated rings. The van der Waals surface area contributed by atoms with E-state index in [9.17, 15) is 14.4 Å². The summed E-state index contributed by atoms with van der Waals surface area (Å²) in [7, 11) is 0. The van der Waals surface area contributed by atoms with Crippen LogP contribution in [0.25, 0.3) is 0 Å². The van der Waals surface area contributed by atoms with Crippen molar-refractivity contribution in [1.82, 2.24) is 14.7 Å². The third-order valence-corrected chi connectivity index (χ3v) is 6.68. The summed E-state index contributed by atoms with van der Waals surface area (Å²) >= 11 is 0. The van der Waals surface area contributed by atoms with Crippen molar-refractivity contribution in [3.8, 4) is 0 Å². The fourth-order valence-corrected chi connectivity index (χ4v) is 4.55. The highest BCUT2D eigenvalue weighted by atomic mass is 16.6. The number of likely N-dealkylation sites (tertiary alicyclic amines) is 1. The van der Waals surface area contributed by atoms with Gasteiger partial charge in [-0.3, -0.25) is 9.59 Å². The van der Waals surface area contributed by atoms with Crippen LogP contribution >= 0.6 is 0 Å². The lowest BCUT2D eigenvalue weighted by Crippen LogP contribution is -2.54. The molecular weight excluding hydrogens is 418 g/mol. The Bertz CT molecular complexity index is 831. The number of piperidine rings is 1. The Kier molecular flexibility index (Phi) is 7.70. The smallest absolute Gasteiger partial charge is 0.410 e. The first-order valence-electron chi connectivity index (χ1n) is 12.1. The van der Waals surface area contributed by atoms with Crippen LogP contribution in [0.15, 0.2) is 30.3 Å². The van der Waals surface area contributed by atoms with Crippen LogP contribution in [0.5, 0.6) is 0 Å². The molecule has 1 aromatic rings. The van der Waals surface area contributed by atoms with Crippen LogP contribution in [0.3, 0.4) is 0 Å². The number of ether oxygens (including phenoxy) is 1. The van der Waals surface area contributed by atoms with Gasteiger partial charge in [0.05, 0.1) is 5.41 Å². The average Bonchev–Trinajstić information content (AvgIpc) is 2.78. The zero-order chi connectivity index (χ0) is 24.2. The first kappa shape index (κ1) is 25.1. The van der Waals surface area contributed by atoms with Gasteiger partial charge in [-0.1, -0.05) is 30.3 Å². The monoisotopic (exact) mass is 457 g/mol. The quantitative estimate of drug-likeness (QED) is 0.692. The van der Waals surface area contributed by atoms with Crippen LogP contribution in [0.4, 0.5) is 4.79 Å². The van der Waals surface area contributed by atoms with Crippen molar-refractivity contribution in [3.05, 3.63) is 35.9 Å². The van der Waals surface area contributed by atoms with E-state index in [1.165, 1.54) is 0 Å². The Morgan fingerprint density at radius 2 is 1.36 bits per heavy atom. The van der Waals surface area contributed by atoms with Gasteiger partial charge in [0, 0.05) is 45.7 Å². The molecule has 0 aromatic heterocycles. The van der Waals surface area contributed by atoms with Crippen molar-refractivity contribution in [1.29, 1.82) is 0 Å². The first-order valence-corrected chi connectivity index (χ1v) is 12.1. The summed E-state index contributed by atoms with van der Waals surface area (Å²) in [5, 5.41) is 0. The molecule has 1 aromatic carbocycles. The third kappa shape index (κ3) is 6.49. The Balaban J connectivity index is 1.44. The minimum atomic E-state index is -0.588. The van der Waals surface area contributed by atoms with E-state index in [2.05, 4.69) is 0 Å². The maximum absolute atomic E-state index is 13.2. The van der Waals surface area contributed by atoms with Crippen LogP contribution in [0, 0.1) is 5.92 Å². The van der Waals surface area contributed by atoms with Crippen LogP contribution in [0.1, 0.15) is 59.4 Å². The van der Waals surface area contributed by atoms with Crippen molar-refractivity contribution in [2.24, 2.45) is 5.92 Å². The first-order chi connectivity index (χ1) is 15.5. The summed E-state index contributed by atoms with van der Waals surface area (Å²) in [6, 6.07) is 9.85. The lowest BCUT2D eigenvalue weighted by atomic mass is 9.83. The number of piperazine rings is 1. The van der Waals surface area contributed by atoms with Gasteiger partial charge in [0.15, 0.2) is 0 Å². The van der Waals surface area contributed by atoms with Gasteiger partial charge in [-0.2, -0.15) is 0 Å². The molecule has 3 amide bonds. The van der Waals surface area contributed by atoms with Crippen molar-refractivity contribution in [2.75, 3.05) is 39.3 Å². The Morgan fingerprint density at radius 3 is 1.91 bits per heavy atom. The lowest BCUT2D eigenvalue weighted by molar-refractivity contribution is -0.143. The van der Waals surface area contributed by atoms with Crippen molar-refractivity contribution in [2.45, 2.75) is 64.9 Å². The molecule has 0 unspecified atom stereocenters. The number of carbonyl (C=O) groups is 3. The minimum absolute atomic E-state index is 0.107. The molecule has 2 aliphatic heterocycles. The summed E-state index contributed by atoms with van der Waals surface area (Å²) in [4.78, 5) is 43.8. The second kappa shape index (κ2) is 10.1. The van der Waals surface area contributed by atoms with Crippen LogP contribution < -0.4 is 0 Å². The van der Waals surface area contributed by atoms with Crippen LogP contribution in [-0.2, 0) is 19.7 Å². The highest BCUT2D eigenvalue weighted by molar-refractivity contribution is 5.87. The maximum Gasteiger partial charge on any atom is 0.410 e. The molecule has 3 rings (SSSR count). The second-order valence-electron chi connectivity index (χ2n) is 10.8. The molecule has 0 spiro atoms. The summed E-state index contributed by atoms with van der Waals surface area (Å²) < 4.78 is 5.45. The van der Waals surface area contributed by atoms with Crippen molar-refractivity contribution < 1.29 is 19.1 Å². The lowest BCUT2D eigenvalue weighted by Gasteiger charge is -2.39. The number of amides is 3. The predicted octanol–water partition coefficient (Wildman–Crippen LogP) is 3.67. The van der Waals surface area contributed by atoms with Gasteiger partial charge in [0.2, 0.25) is 11.8 Å². The molecule has 0 N–H and O–H groups in total. The average molecular weight is 458 g/mol. The third-order valence-electron chi connectivity index (χ3n) is 6.68. The maximum atomic E-state index is 13.2. The zero-order valence-corrected chi connectivity index (χ0v) is 20.8. The molecule has 0 radical (unpaired) electrons. The highest BCUT2D eigenvalue weighted by Crippen LogP contribution is 2.27. The number of hydrogen-bond acceptors (Lipinski definition) is 4. The molecule has 2 heterocycles. The van der Waals surface area contributed by atoms with E-state index < -0.39 is 11.0 Å². The highest BCUT2D eigenvalue weighted by Gasteiger charge is 2.36. The van der Waals surface area contributed by atoms with E-state index >= 15 is 0 Å². The van der Waals surface area contributed by atoms with Gasteiger partial charge in [0.1, 0.15) is 5.60 Å². The van der Waals surface area contributed by atoms with Crippen LogP contribution in [-0.4, -0.2) is 77.5 Å². The standard InChI is InChI=1S/C26H39N3O4/c1-25(2,3)33-24(32)29-13-11-20(12-14-29)19-22(30)27-15-17-28(18-16-27)23(31)26(4,5)21-9-7-6-8-10-21/h6-10,20H,11-19H2,1-5H3. The summed E-state index contributed by atoms with van der Waals surface area (Å²) in [6.07, 6.45) is 1.86. The number of hydrogen-bond donors (Lipinski definition) is 0. The predicted molar refractivity (Wildman–Crippen MR) is 128 cm³/mol. The Labute approximate surface area is 198 Å². The molecule has 0 atom stereocenters. The Morgan fingerprint density at radius 1 is 0.818 bits per heavy atom. The van der Waals surface area contributed by atoms with Gasteiger partial charge in [-0.05, 0) is 58.9 Å². The Hall–Kier alpha value is -2.57.